The number of benzene rings is 1. The molecule has 1 aromatic heterocycles. The molecule has 108 valence electrons. The van der Waals surface area contributed by atoms with E-state index in [4.69, 9.17) is 11.6 Å². The van der Waals surface area contributed by atoms with E-state index < -0.39 is 5.82 Å². The van der Waals surface area contributed by atoms with Crippen LogP contribution in [-0.2, 0) is 16.1 Å². The summed E-state index contributed by atoms with van der Waals surface area (Å²) >= 11 is 5.94. The summed E-state index contributed by atoms with van der Waals surface area (Å²) in [5.74, 6) is -0.979. The zero-order chi connectivity index (χ0) is 15.0. The summed E-state index contributed by atoms with van der Waals surface area (Å²) in [5, 5.41) is 4.37. The fourth-order valence-corrected chi connectivity index (χ4v) is 2.31. The summed E-state index contributed by atoms with van der Waals surface area (Å²) < 4.78 is 14.4. The number of rotatable bonds is 3. The summed E-state index contributed by atoms with van der Waals surface area (Å²) in [6.07, 6.45) is 1.75. The first-order valence-electron chi connectivity index (χ1n) is 6.24. The highest BCUT2D eigenvalue weighted by Crippen LogP contribution is 2.20. The molecule has 0 unspecified atom stereocenters. The number of carbonyl (C=O) groups is 2. The molecule has 0 atom stereocenters. The molecule has 0 saturated carbocycles. The molecule has 1 saturated heterocycles. The predicted octanol–water partition coefficient (Wildman–Crippen LogP) is 1.77. The van der Waals surface area contributed by atoms with Crippen molar-refractivity contribution in [3.8, 4) is 0 Å². The smallest absolute Gasteiger partial charge is 0.258 e. The molecule has 1 aliphatic heterocycles. The maximum absolute atomic E-state index is 13.0. The van der Waals surface area contributed by atoms with E-state index >= 15 is 0 Å². The first-order valence-corrected chi connectivity index (χ1v) is 6.61. The van der Waals surface area contributed by atoms with Crippen LogP contribution in [0.15, 0.2) is 24.5 Å². The Balaban J connectivity index is 1.82. The first-order chi connectivity index (χ1) is 10.0. The highest BCUT2D eigenvalue weighted by Gasteiger charge is 2.32. The van der Waals surface area contributed by atoms with Crippen molar-refractivity contribution in [2.75, 3.05) is 4.90 Å². The maximum atomic E-state index is 13.0. The Kier molecular flexibility index (Phi) is 3.42. The Labute approximate surface area is 124 Å². The van der Waals surface area contributed by atoms with Crippen LogP contribution in [0, 0.1) is 5.82 Å². The molecule has 3 rings (SSSR count). The van der Waals surface area contributed by atoms with Gasteiger partial charge in [-0.2, -0.15) is 4.98 Å². The third-order valence-electron chi connectivity index (χ3n) is 3.12. The summed E-state index contributed by atoms with van der Waals surface area (Å²) in [7, 11) is 0. The minimum Gasteiger partial charge on any atom is -0.274 e. The molecular weight excluding hydrogens is 299 g/mol. The number of hydrogen-bond acceptors (Lipinski definition) is 4. The Hall–Kier alpha value is -2.28. The van der Waals surface area contributed by atoms with Gasteiger partial charge in [0, 0.05) is 17.9 Å². The maximum Gasteiger partial charge on any atom is 0.258 e. The second-order valence-corrected chi connectivity index (χ2v) is 5.01. The average Bonchev–Trinajstić information content (AvgIpc) is 3.00. The summed E-state index contributed by atoms with van der Waals surface area (Å²) in [6, 6.07) is 4.06. The predicted molar refractivity (Wildman–Crippen MR) is 72.3 cm³/mol. The van der Waals surface area contributed by atoms with Gasteiger partial charge in [0.15, 0.2) is 0 Å². The molecule has 1 fully saturated rings. The quantitative estimate of drug-likeness (QED) is 0.810. The van der Waals surface area contributed by atoms with Gasteiger partial charge in [0.1, 0.15) is 12.1 Å². The molecule has 0 spiro atoms. The largest absolute Gasteiger partial charge is 0.274 e. The van der Waals surface area contributed by atoms with Crippen LogP contribution in [0.4, 0.5) is 10.3 Å². The van der Waals surface area contributed by atoms with Crippen molar-refractivity contribution in [2.24, 2.45) is 0 Å². The second-order valence-electron chi connectivity index (χ2n) is 4.60. The minimum atomic E-state index is -0.420. The lowest BCUT2D eigenvalue weighted by molar-refractivity contribution is -0.121. The van der Waals surface area contributed by atoms with Crippen molar-refractivity contribution in [2.45, 2.75) is 19.4 Å². The van der Waals surface area contributed by atoms with E-state index in [-0.39, 0.29) is 42.2 Å². The van der Waals surface area contributed by atoms with Gasteiger partial charge in [0.2, 0.25) is 11.8 Å². The van der Waals surface area contributed by atoms with Crippen molar-refractivity contribution in [3.05, 3.63) is 40.9 Å². The molecule has 6 nitrogen and oxygen atoms in total. The standard InChI is InChI=1S/C13H10ClFN4O2/c14-10-5-9(15)2-1-8(10)6-18-7-16-13(17-18)19-11(20)3-4-12(19)21/h1-2,5,7H,3-4,6H2. The number of amides is 2. The van der Waals surface area contributed by atoms with Crippen LogP contribution in [0.3, 0.4) is 0 Å². The fourth-order valence-electron chi connectivity index (χ4n) is 2.09. The topological polar surface area (TPSA) is 68.1 Å². The van der Waals surface area contributed by atoms with E-state index in [0.29, 0.717) is 5.56 Å². The van der Waals surface area contributed by atoms with Gasteiger partial charge < -0.3 is 0 Å². The highest BCUT2D eigenvalue weighted by molar-refractivity contribution is 6.31. The van der Waals surface area contributed by atoms with Crippen molar-refractivity contribution in [1.29, 1.82) is 0 Å². The molecule has 2 heterocycles. The number of imide groups is 1. The van der Waals surface area contributed by atoms with Gasteiger partial charge in [-0.05, 0) is 17.7 Å². The molecule has 1 aromatic carbocycles. The SMILES string of the molecule is O=C1CCC(=O)N1c1ncn(Cc2ccc(F)cc2Cl)n1. The van der Waals surface area contributed by atoms with Gasteiger partial charge in [-0.15, -0.1) is 5.10 Å². The monoisotopic (exact) mass is 308 g/mol. The zero-order valence-corrected chi connectivity index (χ0v) is 11.5. The lowest BCUT2D eigenvalue weighted by Gasteiger charge is -2.08. The molecule has 1 aliphatic rings. The van der Waals surface area contributed by atoms with E-state index in [0.717, 1.165) is 4.90 Å². The number of nitrogens with zero attached hydrogens (tertiary/aromatic N) is 4. The number of aromatic nitrogens is 3. The Bertz CT molecular complexity index is 715. The third kappa shape index (κ3) is 2.64. The molecule has 0 N–H and O–H groups in total. The van der Waals surface area contributed by atoms with Gasteiger partial charge in [-0.1, -0.05) is 17.7 Å². The fraction of sp³-hybridized carbons (Fsp3) is 0.231. The molecular formula is C13H10ClFN4O2. The summed E-state index contributed by atoms with van der Waals surface area (Å²) in [4.78, 5) is 28.1. The molecule has 21 heavy (non-hydrogen) atoms. The van der Waals surface area contributed by atoms with Crippen LogP contribution < -0.4 is 4.90 Å². The minimum absolute atomic E-state index is 0.0562. The number of carbonyl (C=O) groups excluding carboxylic acids is 2. The number of hydrogen-bond donors (Lipinski definition) is 0. The lowest BCUT2D eigenvalue weighted by Crippen LogP contribution is -2.29. The van der Waals surface area contributed by atoms with E-state index in [1.807, 2.05) is 0 Å². The highest BCUT2D eigenvalue weighted by atomic mass is 35.5. The van der Waals surface area contributed by atoms with Crippen molar-refractivity contribution in [1.82, 2.24) is 14.8 Å². The van der Waals surface area contributed by atoms with Gasteiger partial charge in [-0.3, -0.25) is 9.59 Å². The third-order valence-corrected chi connectivity index (χ3v) is 3.48. The van der Waals surface area contributed by atoms with Crippen molar-refractivity contribution in [3.63, 3.8) is 0 Å². The van der Waals surface area contributed by atoms with E-state index in [2.05, 4.69) is 10.1 Å². The Morgan fingerprint density at radius 1 is 1.24 bits per heavy atom. The molecule has 0 aliphatic carbocycles. The summed E-state index contributed by atoms with van der Waals surface area (Å²) in [6.45, 7) is 0.266. The van der Waals surface area contributed by atoms with Crippen LogP contribution in [-0.4, -0.2) is 26.6 Å². The van der Waals surface area contributed by atoms with Crippen LogP contribution in [0.2, 0.25) is 5.02 Å². The molecule has 0 radical (unpaired) electrons. The molecule has 8 heteroatoms. The molecule has 2 aromatic rings. The van der Waals surface area contributed by atoms with E-state index in [1.54, 1.807) is 6.07 Å². The van der Waals surface area contributed by atoms with Crippen LogP contribution >= 0.6 is 11.6 Å². The van der Waals surface area contributed by atoms with Crippen LogP contribution in [0.1, 0.15) is 18.4 Å². The number of anilines is 1. The van der Waals surface area contributed by atoms with Gasteiger partial charge in [0.05, 0.1) is 6.54 Å². The number of halogens is 2. The van der Waals surface area contributed by atoms with Gasteiger partial charge in [0.25, 0.3) is 5.95 Å². The van der Waals surface area contributed by atoms with Crippen molar-refractivity contribution >= 4 is 29.4 Å². The van der Waals surface area contributed by atoms with E-state index in [9.17, 15) is 14.0 Å². The van der Waals surface area contributed by atoms with Gasteiger partial charge >= 0.3 is 0 Å². The van der Waals surface area contributed by atoms with E-state index in [1.165, 1.54) is 23.1 Å². The zero-order valence-electron chi connectivity index (χ0n) is 10.8. The normalized spacial score (nSPS) is 15.0. The Morgan fingerprint density at radius 2 is 1.95 bits per heavy atom. The molecule has 0 bridgehead atoms. The lowest BCUT2D eigenvalue weighted by atomic mass is 10.2. The Morgan fingerprint density at radius 3 is 2.62 bits per heavy atom. The van der Waals surface area contributed by atoms with Crippen LogP contribution in [0.5, 0.6) is 0 Å². The van der Waals surface area contributed by atoms with Crippen LogP contribution in [0.25, 0.3) is 0 Å². The first kappa shape index (κ1) is 13.7. The molecule has 2 amide bonds. The van der Waals surface area contributed by atoms with Gasteiger partial charge in [-0.25, -0.2) is 14.0 Å². The average molecular weight is 309 g/mol. The summed E-state index contributed by atoms with van der Waals surface area (Å²) in [5.41, 5.74) is 0.661. The second kappa shape index (κ2) is 5.25. The van der Waals surface area contributed by atoms with Crippen molar-refractivity contribution < 1.29 is 14.0 Å².